The van der Waals surface area contributed by atoms with Gasteiger partial charge in [0.2, 0.25) is 5.91 Å². The van der Waals surface area contributed by atoms with Gasteiger partial charge in [0, 0.05) is 39.1 Å². The minimum absolute atomic E-state index is 0.0890. The third kappa shape index (κ3) is 6.62. The van der Waals surface area contributed by atoms with Crippen LogP contribution in [0.3, 0.4) is 0 Å². The number of nitrogens with zero attached hydrogens (tertiary/aromatic N) is 1. The summed E-state index contributed by atoms with van der Waals surface area (Å²) < 4.78 is 4.80. The van der Waals surface area contributed by atoms with E-state index < -0.39 is 6.03 Å². The number of benzene rings is 1. The number of rotatable bonds is 7. The van der Waals surface area contributed by atoms with Gasteiger partial charge in [-0.15, -0.1) is 0 Å². The van der Waals surface area contributed by atoms with Gasteiger partial charge in [0.05, 0.1) is 13.2 Å². The molecule has 0 spiro atoms. The first-order chi connectivity index (χ1) is 10.0. The van der Waals surface area contributed by atoms with Crippen LogP contribution in [-0.4, -0.2) is 52.8 Å². The Kier molecular flexibility index (Phi) is 7.03. The predicted octanol–water partition coefficient (Wildman–Crippen LogP) is 0.637. The quantitative estimate of drug-likeness (QED) is 0.644. The SMILES string of the molecule is COCCNC(=O)NCC(=O)Nc1ccc(N(C)C)cc1. The Morgan fingerprint density at radius 1 is 1.14 bits per heavy atom. The molecule has 3 N–H and O–H groups in total. The Morgan fingerprint density at radius 2 is 1.81 bits per heavy atom. The molecule has 0 saturated carbocycles. The molecule has 0 aliphatic heterocycles. The Labute approximate surface area is 124 Å². The number of amides is 3. The summed E-state index contributed by atoms with van der Waals surface area (Å²) in [4.78, 5) is 25.0. The van der Waals surface area contributed by atoms with E-state index in [1.54, 1.807) is 7.11 Å². The summed E-state index contributed by atoms with van der Waals surface area (Å²) in [7, 11) is 5.44. The van der Waals surface area contributed by atoms with Gasteiger partial charge >= 0.3 is 6.03 Å². The van der Waals surface area contributed by atoms with Crippen molar-refractivity contribution < 1.29 is 14.3 Å². The van der Waals surface area contributed by atoms with Crippen LogP contribution < -0.4 is 20.9 Å². The van der Waals surface area contributed by atoms with Crippen molar-refractivity contribution in [3.05, 3.63) is 24.3 Å². The Balaban J connectivity index is 2.31. The maximum atomic E-state index is 11.7. The normalized spacial score (nSPS) is 9.86. The van der Waals surface area contributed by atoms with Crippen LogP contribution in [0.2, 0.25) is 0 Å². The molecule has 7 heteroatoms. The van der Waals surface area contributed by atoms with Crippen molar-refractivity contribution in [3.8, 4) is 0 Å². The van der Waals surface area contributed by atoms with Gasteiger partial charge in [-0.2, -0.15) is 0 Å². The van der Waals surface area contributed by atoms with E-state index in [9.17, 15) is 9.59 Å². The van der Waals surface area contributed by atoms with Gasteiger partial charge in [0.15, 0.2) is 0 Å². The number of methoxy groups -OCH3 is 1. The van der Waals surface area contributed by atoms with Gasteiger partial charge in [-0.25, -0.2) is 4.79 Å². The number of hydrogen-bond donors (Lipinski definition) is 3. The number of carbonyl (C=O) groups excluding carboxylic acids is 2. The van der Waals surface area contributed by atoms with Crippen LogP contribution in [0.15, 0.2) is 24.3 Å². The molecule has 116 valence electrons. The summed E-state index contributed by atoms with van der Waals surface area (Å²) in [6.07, 6.45) is 0. The molecule has 0 unspecified atom stereocenters. The second-order valence-electron chi connectivity index (χ2n) is 4.59. The zero-order chi connectivity index (χ0) is 15.7. The molecular formula is C14H22N4O3. The molecule has 3 amide bonds. The molecule has 1 aromatic carbocycles. The molecule has 0 aromatic heterocycles. The van der Waals surface area contributed by atoms with E-state index in [0.717, 1.165) is 5.69 Å². The Morgan fingerprint density at radius 3 is 2.38 bits per heavy atom. The highest BCUT2D eigenvalue weighted by molar-refractivity contribution is 5.94. The van der Waals surface area contributed by atoms with E-state index in [-0.39, 0.29) is 12.5 Å². The van der Waals surface area contributed by atoms with Crippen LogP contribution in [0.1, 0.15) is 0 Å². The van der Waals surface area contributed by atoms with Crippen molar-refractivity contribution in [2.75, 3.05) is 51.1 Å². The van der Waals surface area contributed by atoms with Gasteiger partial charge in [-0.05, 0) is 24.3 Å². The van der Waals surface area contributed by atoms with E-state index >= 15 is 0 Å². The lowest BCUT2D eigenvalue weighted by Gasteiger charge is -2.13. The molecule has 0 radical (unpaired) electrons. The van der Waals surface area contributed by atoms with Crippen molar-refractivity contribution in [3.63, 3.8) is 0 Å². The van der Waals surface area contributed by atoms with Crippen LogP contribution in [-0.2, 0) is 9.53 Å². The fourth-order valence-electron chi connectivity index (χ4n) is 1.54. The summed E-state index contributed by atoms with van der Waals surface area (Å²) in [6, 6.07) is 7.03. The highest BCUT2D eigenvalue weighted by Crippen LogP contribution is 2.15. The molecule has 0 heterocycles. The Hall–Kier alpha value is -2.28. The molecule has 0 aliphatic carbocycles. The van der Waals surface area contributed by atoms with Crippen LogP contribution in [0, 0.1) is 0 Å². The van der Waals surface area contributed by atoms with E-state index in [0.29, 0.717) is 18.8 Å². The average molecular weight is 294 g/mol. The van der Waals surface area contributed by atoms with Crippen LogP contribution >= 0.6 is 0 Å². The molecule has 7 nitrogen and oxygen atoms in total. The molecule has 1 aromatic rings. The van der Waals surface area contributed by atoms with Gasteiger partial charge < -0.3 is 25.6 Å². The molecule has 0 atom stereocenters. The minimum Gasteiger partial charge on any atom is -0.383 e. The lowest BCUT2D eigenvalue weighted by molar-refractivity contribution is -0.115. The predicted molar refractivity (Wildman–Crippen MR) is 82.7 cm³/mol. The molecule has 0 fully saturated rings. The number of ether oxygens (including phenoxy) is 1. The number of nitrogens with one attached hydrogen (secondary N) is 3. The zero-order valence-corrected chi connectivity index (χ0v) is 12.6. The van der Waals surface area contributed by atoms with Crippen molar-refractivity contribution in [2.45, 2.75) is 0 Å². The molecule has 1 rings (SSSR count). The van der Waals surface area contributed by atoms with Gasteiger partial charge in [-0.3, -0.25) is 4.79 Å². The molecular weight excluding hydrogens is 272 g/mol. The largest absolute Gasteiger partial charge is 0.383 e. The van der Waals surface area contributed by atoms with E-state index in [2.05, 4.69) is 16.0 Å². The van der Waals surface area contributed by atoms with E-state index in [1.807, 2.05) is 43.3 Å². The summed E-state index contributed by atoms with van der Waals surface area (Å²) in [5.41, 5.74) is 1.73. The standard InChI is InChI=1S/C14H22N4O3/c1-18(2)12-6-4-11(5-7-12)17-13(19)10-16-14(20)15-8-9-21-3/h4-7H,8-10H2,1-3H3,(H,17,19)(H2,15,16,20). The van der Waals surface area contributed by atoms with Gasteiger partial charge in [0.1, 0.15) is 0 Å². The fraction of sp³-hybridized carbons (Fsp3) is 0.429. The maximum Gasteiger partial charge on any atom is 0.315 e. The van der Waals surface area contributed by atoms with E-state index in [1.165, 1.54) is 0 Å². The minimum atomic E-state index is -0.398. The zero-order valence-electron chi connectivity index (χ0n) is 12.6. The van der Waals surface area contributed by atoms with Crippen molar-refractivity contribution in [1.82, 2.24) is 10.6 Å². The molecule has 0 bridgehead atoms. The lowest BCUT2D eigenvalue weighted by atomic mass is 10.2. The topological polar surface area (TPSA) is 82.7 Å². The first-order valence-electron chi connectivity index (χ1n) is 6.61. The number of carbonyl (C=O) groups is 2. The number of hydrogen-bond acceptors (Lipinski definition) is 4. The summed E-state index contributed by atoms with van der Waals surface area (Å²) in [5, 5.41) is 7.73. The maximum absolute atomic E-state index is 11.7. The summed E-state index contributed by atoms with van der Waals surface area (Å²) >= 11 is 0. The first-order valence-corrected chi connectivity index (χ1v) is 6.61. The number of anilines is 2. The van der Waals surface area contributed by atoms with Gasteiger partial charge in [-0.1, -0.05) is 0 Å². The van der Waals surface area contributed by atoms with Crippen LogP contribution in [0.5, 0.6) is 0 Å². The highest BCUT2D eigenvalue weighted by Gasteiger charge is 2.05. The van der Waals surface area contributed by atoms with Crippen molar-refractivity contribution >= 4 is 23.3 Å². The number of urea groups is 1. The third-order valence-electron chi connectivity index (χ3n) is 2.67. The van der Waals surface area contributed by atoms with Crippen LogP contribution in [0.25, 0.3) is 0 Å². The van der Waals surface area contributed by atoms with Gasteiger partial charge in [0.25, 0.3) is 0 Å². The van der Waals surface area contributed by atoms with Crippen molar-refractivity contribution in [1.29, 1.82) is 0 Å². The molecule has 0 saturated heterocycles. The molecule has 0 aliphatic rings. The first kappa shape index (κ1) is 16.8. The highest BCUT2D eigenvalue weighted by atomic mass is 16.5. The Bertz CT molecular complexity index is 460. The average Bonchev–Trinajstić information content (AvgIpc) is 2.46. The van der Waals surface area contributed by atoms with E-state index in [4.69, 9.17) is 4.74 Å². The second kappa shape index (κ2) is 8.80. The van der Waals surface area contributed by atoms with Crippen molar-refractivity contribution in [2.24, 2.45) is 0 Å². The summed E-state index contributed by atoms with van der Waals surface area (Å²) in [6.45, 7) is 0.738. The summed E-state index contributed by atoms with van der Waals surface area (Å²) in [5.74, 6) is -0.283. The molecule has 21 heavy (non-hydrogen) atoms. The second-order valence-corrected chi connectivity index (χ2v) is 4.59. The third-order valence-corrected chi connectivity index (χ3v) is 2.67. The monoisotopic (exact) mass is 294 g/mol. The lowest BCUT2D eigenvalue weighted by Crippen LogP contribution is -2.41. The fourth-order valence-corrected chi connectivity index (χ4v) is 1.54. The smallest absolute Gasteiger partial charge is 0.315 e. The van der Waals surface area contributed by atoms with Crippen LogP contribution in [0.4, 0.5) is 16.2 Å².